The van der Waals surface area contributed by atoms with Gasteiger partial charge in [-0.25, -0.2) is 4.39 Å². The van der Waals surface area contributed by atoms with Crippen LogP contribution in [0.15, 0.2) is 53.4 Å². The van der Waals surface area contributed by atoms with Gasteiger partial charge in [-0.2, -0.15) is 0 Å². The van der Waals surface area contributed by atoms with Gasteiger partial charge in [0.05, 0.1) is 10.2 Å². The molecule has 0 heterocycles. The quantitative estimate of drug-likeness (QED) is 0.516. The highest BCUT2D eigenvalue weighted by Crippen LogP contribution is 2.24. The number of hydrogen-bond acceptors (Lipinski definition) is 4. The molecule has 0 saturated heterocycles. The van der Waals surface area contributed by atoms with Crippen molar-refractivity contribution in [2.75, 3.05) is 5.32 Å². The van der Waals surface area contributed by atoms with Crippen molar-refractivity contribution in [2.24, 2.45) is 0 Å². The third-order valence-corrected chi connectivity index (χ3v) is 3.95. The third-order valence-electron chi connectivity index (χ3n) is 2.84. The Labute approximate surface area is 130 Å². The number of nitrogens with zero attached hydrogens (tertiary/aromatic N) is 1. The molecule has 5 nitrogen and oxygen atoms in total. The Bertz CT molecular complexity index is 674. The van der Waals surface area contributed by atoms with Gasteiger partial charge in [0.1, 0.15) is 5.82 Å². The second-order valence-corrected chi connectivity index (χ2v) is 5.92. The minimum Gasteiger partial charge on any atom is -0.325 e. The van der Waals surface area contributed by atoms with Gasteiger partial charge in [0.15, 0.2) is 0 Å². The molecule has 0 saturated carbocycles. The number of amides is 1. The molecule has 0 radical (unpaired) electrons. The van der Waals surface area contributed by atoms with Crippen molar-refractivity contribution >= 4 is 29.0 Å². The van der Waals surface area contributed by atoms with E-state index in [4.69, 9.17) is 0 Å². The molecule has 1 N–H and O–H groups in total. The lowest BCUT2D eigenvalue weighted by molar-refractivity contribution is -0.384. The van der Waals surface area contributed by atoms with E-state index in [9.17, 15) is 19.3 Å². The third kappa shape index (κ3) is 4.29. The number of halogens is 1. The van der Waals surface area contributed by atoms with Crippen molar-refractivity contribution in [2.45, 2.75) is 17.1 Å². The van der Waals surface area contributed by atoms with Crippen LogP contribution in [0.25, 0.3) is 0 Å². The topological polar surface area (TPSA) is 72.2 Å². The minimum atomic E-state index is -0.501. The van der Waals surface area contributed by atoms with Crippen LogP contribution >= 0.6 is 11.8 Å². The fourth-order valence-electron chi connectivity index (χ4n) is 1.68. The Kier molecular flexibility index (Phi) is 5.11. The zero-order valence-corrected chi connectivity index (χ0v) is 12.5. The zero-order valence-electron chi connectivity index (χ0n) is 11.7. The number of benzene rings is 2. The van der Waals surface area contributed by atoms with Gasteiger partial charge < -0.3 is 5.32 Å². The van der Waals surface area contributed by atoms with Crippen molar-refractivity contribution in [3.05, 3.63) is 64.5 Å². The Balaban J connectivity index is 1.95. The fourth-order valence-corrected chi connectivity index (χ4v) is 2.55. The van der Waals surface area contributed by atoms with Crippen LogP contribution in [-0.2, 0) is 4.79 Å². The summed E-state index contributed by atoms with van der Waals surface area (Å²) >= 11 is 1.30. The van der Waals surface area contributed by atoms with E-state index in [0.29, 0.717) is 5.69 Å². The first kappa shape index (κ1) is 16.0. The molecule has 0 aliphatic rings. The van der Waals surface area contributed by atoms with Gasteiger partial charge in [-0.3, -0.25) is 14.9 Å². The van der Waals surface area contributed by atoms with Gasteiger partial charge in [0.25, 0.3) is 5.69 Å². The molecule has 7 heteroatoms. The van der Waals surface area contributed by atoms with Crippen LogP contribution in [0.5, 0.6) is 0 Å². The van der Waals surface area contributed by atoms with E-state index in [0.717, 1.165) is 4.90 Å². The highest BCUT2D eigenvalue weighted by atomic mass is 32.2. The molecule has 0 spiro atoms. The van der Waals surface area contributed by atoms with Crippen molar-refractivity contribution in [1.82, 2.24) is 0 Å². The number of non-ortho nitro benzene ring substituents is 1. The molecule has 1 amide bonds. The monoisotopic (exact) mass is 320 g/mol. The second kappa shape index (κ2) is 7.04. The number of carbonyl (C=O) groups is 1. The van der Waals surface area contributed by atoms with Gasteiger partial charge in [0.2, 0.25) is 5.91 Å². The van der Waals surface area contributed by atoms with Gasteiger partial charge in [-0.15, -0.1) is 11.8 Å². The number of carbonyl (C=O) groups excluding carboxylic acids is 1. The van der Waals surface area contributed by atoms with Gasteiger partial charge in [-0.05, 0) is 43.3 Å². The molecule has 114 valence electrons. The number of hydrogen-bond donors (Lipinski definition) is 1. The lowest BCUT2D eigenvalue weighted by Gasteiger charge is -2.12. The Morgan fingerprint density at radius 1 is 1.18 bits per heavy atom. The molecule has 22 heavy (non-hydrogen) atoms. The number of thioether (sulfide) groups is 1. The summed E-state index contributed by atoms with van der Waals surface area (Å²) in [6.45, 7) is 1.73. The molecule has 1 atom stereocenters. The molecule has 0 aliphatic carbocycles. The maximum atomic E-state index is 12.8. The van der Waals surface area contributed by atoms with E-state index in [2.05, 4.69) is 5.32 Å². The van der Waals surface area contributed by atoms with E-state index < -0.39 is 4.92 Å². The SMILES string of the molecule is CC(Sc1ccc(F)cc1)C(=O)Nc1ccc([N+](=O)[O-])cc1. The first-order chi connectivity index (χ1) is 10.5. The lowest BCUT2D eigenvalue weighted by Crippen LogP contribution is -2.22. The summed E-state index contributed by atoms with van der Waals surface area (Å²) in [6, 6.07) is 11.5. The average Bonchev–Trinajstić information content (AvgIpc) is 2.50. The van der Waals surface area contributed by atoms with Crippen LogP contribution in [0.3, 0.4) is 0 Å². The van der Waals surface area contributed by atoms with Crippen LogP contribution in [0.2, 0.25) is 0 Å². The Morgan fingerprint density at radius 3 is 2.32 bits per heavy atom. The summed E-state index contributed by atoms with van der Waals surface area (Å²) in [5.41, 5.74) is 0.453. The molecule has 2 rings (SSSR count). The number of nitro groups is 1. The molecule has 0 fully saturated rings. The van der Waals surface area contributed by atoms with E-state index >= 15 is 0 Å². The molecular weight excluding hydrogens is 307 g/mol. The predicted molar refractivity (Wildman–Crippen MR) is 83.4 cm³/mol. The van der Waals surface area contributed by atoms with Gasteiger partial charge in [0, 0.05) is 22.7 Å². The molecule has 0 bridgehead atoms. The maximum Gasteiger partial charge on any atom is 0.269 e. The molecule has 0 aliphatic heterocycles. The van der Waals surface area contributed by atoms with Crippen LogP contribution in [0.4, 0.5) is 15.8 Å². The average molecular weight is 320 g/mol. The minimum absolute atomic E-state index is 0.0354. The van der Waals surface area contributed by atoms with E-state index in [1.165, 1.54) is 48.2 Å². The fraction of sp³-hybridized carbons (Fsp3) is 0.133. The summed E-state index contributed by atoms with van der Waals surface area (Å²) in [5, 5.41) is 12.9. The number of nitro benzene ring substituents is 1. The van der Waals surface area contributed by atoms with Crippen LogP contribution in [0.1, 0.15) is 6.92 Å². The smallest absolute Gasteiger partial charge is 0.269 e. The number of nitrogens with one attached hydrogen (secondary N) is 1. The normalized spacial score (nSPS) is 11.7. The van der Waals surface area contributed by atoms with Crippen molar-refractivity contribution in [1.29, 1.82) is 0 Å². The first-order valence-corrected chi connectivity index (χ1v) is 7.31. The summed E-state index contributed by atoms with van der Waals surface area (Å²) in [4.78, 5) is 22.9. The summed E-state index contributed by atoms with van der Waals surface area (Å²) in [6.07, 6.45) is 0. The predicted octanol–water partition coefficient (Wildman–Crippen LogP) is 3.85. The van der Waals surface area contributed by atoms with Gasteiger partial charge >= 0.3 is 0 Å². The van der Waals surface area contributed by atoms with Crippen LogP contribution in [0, 0.1) is 15.9 Å². The van der Waals surface area contributed by atoms with Crippen LogP contribution < -0.4 is 5.32 Å². The summed E-state index contributed by atoms with van der Waals surface area (Å²) in [5.74, 6) is -0.560. The summed E-state index contributed by atoms with van der Waals surface area (Å²) < 4.78 is 12.8. The molecule has 2 aromatic rings. The van der Waals surface area contributed by atoms with Crippen molar-refractivity contribution < 1.29 is 14.1 Å². The number of rotatable bonds is 5. The van der Waals surface area contributed by atoms with Crippen LogP contribution in [-0.4, -0.2) is 16.1 Å². The Hall–Kier alpha value is -2.41. The summed E-state index contributed by atoms with van der Waals surface area (Å²) in [7, 11) is 0. The van der Waals surface area contributed by atoms with Crippen molar-refractivity contribution in [3.63, 3.8) is 0 Å². The molecule has 0 aromatic heterocycles. The van der Waals surface area contributed by atoms with Crippen molar-refractivity contribution in [3.8, 4) is 0 Å². The Morgan fingerprint density at radius 2 is 1.77 bits per heavy atom. The van der Waals surface area contributed by atoms with Gasteiger partial charge in [-0.1, -0.05) is 0 Å². The first-order valence-electron chi connectivity index (χ1n) is 6.43. The second-order valence-electron chi connectivity index (χ2n) is 4.51. The maximum absolute atomic E-state index is 12.8. The molecular formula is C15H13FN2O3S. The van der Waals surface area contributed by atoms with E-state index in [1.807, 2.05) is 0 Å². The molecule has 1 unspecified atom stereocenters. The highest BCUT2D eigenvalue weighted by molar-refractivity contribution is 8.00. The zero-order chi connectivity index (χ0) is 16.1. The van der Waals surface area contributed by atoms with E-state index in [1.54, 1.807) is 19.1 Å². The lowest BCUT2D eigenvalue weighted by atomic mass is 10.3. The number of anilines is 1. The highest BCUT2D eigenvalue weighted by Gasteiger charge is 2.15. The van der Waals surface area contributed by atoms with E-state index in [-0.39, 0.29) is 22.7 Å². The molecule has 2 aromatic carbocycles. The largest absolute Gasteiger partial charge is 0.325 e. The standard InChI is InChI=1S/C15H13FN2O3S/c1-10(22-14-8-2-11(16)3-9-14)15(19)17-12-4-6-13(7-5-12)18(20)21/h2-10H,1H3,(H,17,19).